The fourth-order valence-electron chi connectivity index (χ4n) is 3.82. The first-order valence-corrected chi connectivity index (χ1v) is 11.0. The highest BCUT2D eigenvalue weighted by molar-refractivity contribution is 7.86. The van der Waals surface area contributed by atoms with Crippen molar-refractivity contribution in [3.8, 4) is 16.9 Å². The maximum Gasteiger partial charge on any atom is 0.297 e. The topological polar surface area (TPSA) is 52.6 Å². The molecular formula is C23H21ClO4S. The van der Waals surface area contributed by atoms with Crippen molar-refractivity contribution >= 4 is 21.7 Å². The third-order valence-corrected chi connectivity index (χ3v) is 6.83. The molecule has 6 heteroatoms. The SMILES string of the molecule is COS(=O)(=O)c1ccc(C)cc1C1Cc2cccc(-c3ccc(Cl)cc3C)c2O1. The van der Waals surface area contributed by atoms with Crippen LogP contribution in [0.3, 0.4) is 0 Å². The summed E-state index contributed by atoms with van der Waals surface area (Å²) in [5.41, 5.74) is 5.69. The summed E-state index contributed by atoms with van der Waals surface area (Å²) in [4.78, 5) is 0.146. The minimum Gasteiger partial charge on any atom is -0.484 e. The fraction of sp³-hybridized carbons (Fsp3) is 0.217. The van der Waals surface area contributed by atoms with Gasteiger partial charge in [-0.1, -0.05) is 53.6 Å². The van der Waals surface area contributed by atoms with E-state index in [2.05, 4.69) is 0 Å². The molecule has 1 unspecified atom stereocenters. The van der Waals surface area contributed by atoms with E-state index in [1.165, 1.54) is 7.11 Å². The van der Waals surface area contributed by atoms with Crippen molar-refractivity contribution < 1.29 is 17.3 Å². The van der Waals surface area contributed by atoms with Crippen molar-refractivity contribution in [1.29, 1.82) is 0 Å². The zero-order valence-electron chi connectivity index (χ0n) is 16.4. The standard InChI is InChI=1S/C23H21ClO4S/c1-14-7-10-22(29(25,26)27-3)20(11-14)21-13-16-5-4-6-19(23(16)28-21)18-9-8-17(24)12-15(18)2/h4-12,21H,13H2,1-3H3. The van der Waals surface area contributed by atoms with Gasteiger partial charge in [-0.05, 0) is 48.7 Å². The number of halogens is 1. The number of aryl methyl sites for hydroxylation is 2. The van der Waals surface area contributed by atoms with Crippen molar-refractivity contribution in [3.63, 3.8) is 0 Å². The number of ether oxygens (including phenoxy) is 1. The number of fused-ring (bicyclic) bond motifs is 1. The number of benzene rings is 3. The fourth-order valence-corrected chi connectivity index (χ4v) is 4.94. The van der Waals surface area contributed by atoms with Crippen molar-refractivity contribution in [2.45, 2.75) is 31.3 Å². The molecule has 29 heavy (non-hydrogen) atoms. The molecule has 0 amide bonds. The van der Waals surface area contributed by atoms with Crippen LogP contribution in [0.5, 0.6) is 5.75 Å². The Kier molecular flexibility index (Phi) is 5.15. The van der Waals surface area contributed by atoms with E-state index in [9.17, 15) is 8.42 Å². The second-order valence-corrected chi connectivity index (χ2v) is 9.34. The molecule has 0 bridgehead atoms. The first kappa shape index (κ1) is 20.0. The van der Waals surface area contributed by atoms with Crippen molar-refractivity contribution in [3.05, 3.63) is 81.9 Å². The molecule has 1 aliphatic heterocycles. The summed E-state index contributed by atoms with van der Waals surface area (Å²) in [6.07, 6.45) is 0.185. The molecular weight excluding hydrogens is 408 g/mol. The molecule has 0 aliphatic carbocycles. The average Bonchev–Trinajstić information content (AvgIpc) is 3.12. The first-order valence-electron chi connectivity index (χ1n) is 9.26. The van der Waals surface area contributed by atoms with E-state index >= 15 is 0 Å². The van der Waals surface area contributed by atoms with E-state index < -0.39 is 16.2 Å². The van der Waals surface area contributed by atoms with Crippen LogP contribution in [0.2, 0.25) is 5.02 Å². The van der Waals surface area contributed by atoms with Crippen LogP contribution in [-0.2, 0) is 20.7 Å². The minimum atomic E-state index is -3.84. The lowest BCUT2D eigenvalue weighted by molar-refractivity contribution is 0.235. The number of hydrogen-bond acceptors (Lipinski definition) is 4. The second kappa shape index (κ2) is 7.48. The first-order chi connectivity index (χ1) is 13.8. The van der Waals surface area contributed by atoms with Gasteiger partial charge in [0.2, 0.25) is 0 Å². The Balaban J connectivity index is 1.79. The monoisotopic (exact) mass is 428 g/mol. The lowest BCUT2D eigenvalue weighted by atomic mass is 9.96. The Morgan fingerprint density at radius 1 is 1.03 bits per heavy atom. The molecule has 0 N–H and O–H groups in total. The van der Waals surface area contributed by atoms with E-state index in [4.69, 9.17) is 20.5 Å². The van der Waals surface area contributed by atoms with Crippen LogP contribution in [-0.4, -0.2) is 15.5 Å². The maximum atomic E-state index is 12.4. The summed E-state index contributed by atoms with van der Waals surface area (Å²) in [6.45, 7) is 3.94. The lowest BCUT2D eigenvalue weighted by Gasteiger charge is -2.17. The van der Waals surface area contributed by atoms with Gasteiger partial charge in [0.15, 0.2) is 0 Å². The number of rotatable bonds is 4. The molecule has 0 fully saturated rings. The van der Waals surface area contributed by atoms with E-state index in [1.54, 1.807) is 12.1 Å². The molecule has 3 aromatic rings. The summed E-state index contributed by atoms with van der Waals surface area (Å²) in [7, 11) is -2.67. The highest BCUT2D eigenvalue weighted by atomic mass is 35.5. The van der Waals surface area contributed by atoms with Crippen LogP contribution >= 0.6 is 11.6 Å². The van der Waals surface area contributed by atoms with Gasteiger partial charge in [-0.3, -0.25) is 4.18 Å². The number of hydrogen-bond donors (Lipinski definition) is 0. The van der Waals surface area contributed by atoms with Crippen LogP contribution < -0.4 is 4.74 Å². The Bertz CT molecular complexity index is 1200. The average molecular weight is 429 g/mol. The quantitative estimate of drug-likeness (QED) is 0.505. The summed E-state index contributed by atoms with van der Waals surface area (Å²) in [5, 5.41) is 0.687. The van der Waals surface area contributed by atoms with Gasteiger partial charge in [0, 0.05) is 22.6 Å². The Labute approximate surface area is 176 Å². The molecule has 150 valence electrons. The molecule has 1 heterocycles. The Morgan fingerprint density at radius 2 is 1.83 bits per heavy atom. The van der Waals surface area contributed by atoms with E-state index in [-0.39, 0.29) is 4.90 Å². The number of para-hydroxylation sites is 1. The van der Waals surface area contributed by atoms with E-state index in [1.807, 2.05) is 56.3 Å². The van der Waals surface area contributed by atoms with Crippen molar-refractivity contribution in [1.82, 2.24) is 0 Å². The maximum absolute atomic E-state index is 12.4. The molecule has 1 atom stereocenters. The Morgan fingerprint density at radius 3 is 2.55 bits per heavy atom. The lowest BCUT2D eigenvalue weighted by Crippen LogP contribution is -2.12. The van der Waals surface area contributed by atoms with Gasteiger partial charge in [0.05, 0.1) is 7.11 Å². The van der Waals surface area contributed by atoms with Gasteiger partial charge in [-0.25, -0.2) is 0 Å². The van der Waals surface area contributed by atoms with Crippen molar-refractivity contribution in [2.24, 2.45) is 0 Å². The van der Waals surface area contributed by atoms with Crippen LogP contribution in [0.4, 0.5) is 0 Å². The van der Waals surface area contributed by atoms with Crippen LogP contribution in [0.1, 0.15) is 28.4 Å². The smallest absolute Gasteiger partial charge is 0.297 e. The molecule has 0 aromatic heterocycles. The molecule has 0 spiro atoms. The predicted molar refractivity (Wildman–Crippen MR) is 114 cm³/mol. The molecule has 3 aromatic carbocycles. The van der Waals surface area contributed by atoms with Gasteiger partial charge >= 0.3 is 0 Å². The highest BCUT2D eigenvalue weighted by Gasteiger charge is 2.32. The van der Waals surface area contributed by atoms with Gasteiger partial charge < -0.3 is 4.74 Å². The highest BCUT2D eigenvalue weighted by Crippen LogP contribution is 2.45. The minimum absolute atomic E-state index is 0.146. The van der Waals surface area contributed by atoms with Gasteiger partial charge in [-0.2, -0.15) is 8.42 Å². The van der Waals surface area contributed by atoms with Gasteiger partial charge in [-0.15, -0.1) is 0 Å². The predicted octanol–water partition coefficient (Wildman–Crippen LogP) is 5.64. The molecule has 4 nitrogen and oxygen atoms in total. The summed E-state index contributed by atoms with van der Waals surface area (Å²) in [6, 6.07) is 17.0. The second-order valence-electron chi connectivity index (χ2n) is 7.23. The molecule has 1 aliphatic rings. The van der Waals surface area contributed by atoms with Gasteiger partial charge in [0.25, 0.3) is 10.1 Å². The van der Waals surface area contributed by atoms with Crippen molar-refractivity contribution in [2.75, 3.05) is 7.11 Å². The summed E-state index contributed by atoms with van der Waals surface area (Å²) < 4.78 is 36.0. The zero-order valence-corrected chi connectivity index (χ0v) is 18.0. The third kappa shape index (κ3) is 3.66. The molecule has 4 rings (SSSR count). The van der Waals surface area contributed by atoms with Gasteiger partial charge in [0.1, 0.15) is 16.7 Å². The largest absolute Gasteiger partial charge is 0.484 e. The zero-order chi connectivity index (χ0) is 20.8. The third-order valence-electron chi connectivity index (χ3n) is 5.24. The summed E-state index contributed by atoms with van der Waals surface area (Å²) in [5.74, 6) is 0.783. The van der Waals surface area contributed by atoms with E-state index in [0.717, 1.165) is 33.6 Å². The van der Waals surface area contributed by atoms with Crippen LogP contribution in [0, 0.1) is 13.8 Å². The normalized spacial score (nSPS) is 15.8. The summed E-state index contributed by atoms with van der Waals surface area (Å²) >= 11 is 6.11. The molecule has 0 saturated carbocycles. The Hall–Kier alpha value is -2.34. The molecule has 0 radical (unpaired) electrons. The van der Waals surface area contributed by atoms with Crippen LogP contribution in [0.15, 0.2) is 59.5 Å². The molecule has 0 saturated heterocycles. The van der Waals surface area contributed by atoms with Crippen LogP contribution in [0.25, 0.3) is 11.1 Å². The van der Waals surface area contributed by atoms with E-state index in [0.29, 0.717) is 17.0 Å².